The molecule has 3 heterocycles. The molecular weight excluding hydrogens is 416 g/mol. The molecular formula is C19H15ClN4O2S2. The van der Waals surface area contributed by atoms with Gasteiger partial charge in [0.05, 0.1) is 9.88 Å². The number of carbonyl (C=O) groups excluding carboxylic acids is 1. The van der Waals surface area contributed by atoms with Crippen molar-refractivity contribution >= 4 is 50.5 Å². The molecule has 142 valence electrons. The summed E-state index contributed by atoms with van der Waals surface area (Å²) >= 11 is 8.99. The topological polar surface area (TPSA) is 76.9 Å². The number of aromatic nitrogens is 3. The highest BCUT2D eigenvalue weighted by molar-refractivity contribution is 7.18. The van der Waals surface area contributed by atoms with Gasteiger partial charge in [-0.15, -0.1) is 22.7 Å². The highest BCUT2D eigenvalue weighted by atomic mass is 35.5. The second kappa shape index (κ2) is 7.83. The smallest absolute Gasteiger partial charge is 0.349 e. The summed E-state index contributed by atoms with van der Waals surface area (Å²) in [4.78, 5) is 35.4. The standard InChI is InChI=1S/C19H15ClN4O2S2/c1-11-22-17-16(14-7-4-8-27-14)23-19(26)24(18(17)28-11)10-15(25)21-9-12-5-2-3-6-13(12)20/h2-8H,9-10H2,1H3,(H,21,25). The molecule has 0 atom stereocenters. The van der Waals surface area contributed by atoms with E-state index in [9.17, 15) is 9.59 Å². The summed E-state index contributed by atoms with van der Waals surface area (Å²) in [6.45, 7) is 2.03. The van der Waals surface area contributed by atoms with E-state index in [4.69, 9.17) is 11.6 Å². The molecule has 9 heteroatoms. The molecule has 0 aliphatic heterocycles. The zero-order valence-corrected chi connectivity index (χ0v) is 17.2. The molecule has 0 fully saturated rings. The Kier molecular flexibility index (Phi) is 5.25. The molecule has 0 aliphatic carbocycles. The lowest BCUT2D eigenvalue weighted by molar-refractivity contribution is -0.121. The first-order valence-corrected chi connectivity index (χ1v) is 10.5. The molecule has 0 spiro atoms. The van der Waals surface area contributed by atoms with Crippen molar-refractivity contribution in [3.05, 3.63) is 67.9 Å². The van der Waals surface area contributed by atoms with Gasteiger partial charge in [0.15, 0.2) is 0 Å². The summed E-state index contributed by atoms with van der Waals surface area (Å²) in [6.07, 6.45) is 0. The van der Waals surface area contributed by atoms with Crippen LogP contribution in [0.25, 0.3) is 20.9 Å². The van der Waals surface area contributed by atoms with E-state index in [1.54, 1.807) is 6.07 Å². The maximum Gasteiger partial charge on any atom is 0.349 e. The number of rotatable bonds is 5. The van der Waals surface area contributed by atoms with Crippen molar-refractivity contribution in [1.29, 1.82) is 0 Å². The molecule has 0 saturated carbocycles. The number of thiophene rings is 1. The molecule has 1 amide bonds. The largest absolute Gasteiger partial charge is 0.350 e. The molecule has 4 rings (SSSR count). The maximum absolute atomic E-state index is 12.7. The number of halogens is 1. The van der Waals surface area contributed by atoms with Crippen molar-refractivity contribution in [2.45, 2.75) is 20.0 Å². The first-order valence-electron chi connectivity index (χ1n) is 8.45. The minimum Gasteiger partial charge on any atom is -0.350 e. The van der Waals surface area contributed by atoms with Crippen molar-refractivity contribution in [3.63, 3.8) is 0 Å². The Hall–Kier alpha value is -2.55. The second-order valence-corrected chi connectivity index (χ2v) is 8.60. The van der Waals surface area contributed by atoms with Gasteiger partial charge in [0.2, 0.25) is 5.91 Å². The van der Waals surface area contributed by atoms with Crippen LogP contribution in [0.2, 0.25) is 5.02 Å². The van der Waals surface area contributed by atoms with Crippen LogP contribution >= 0.6 is 34.3 Å². The summed E-state index contributed by atoms with van der Waals surface area (Å²) < 4.78 is 1.37. The lowest BCUT2D eigenvalue weighted by atomic mass is 10.2. The number of aryl methyl sites for hydroxylation is 1. The first-order chi connectivity index (χ1) is 13.5. The van der Waals surface area contributed by atoms with Gasteiger partial charge in [-0.25, -0.2) is 9.78 Å². The minimum atomic E-state index is -0.465. The number of carbonyl (C=O) groups is 1. The van der Waals surface area contributed by atoms with E-state index < -0.39 is 5.69 Å². The molecule has 1 aromatic carbocycles. The molecule has 0 bridgehead atoms. The van der Waals surface area contributed by atoms with Gasteiger partial charge < -0.3 is 5.32 Å². The van der Waals surface area contributed by atoms with Gasteiger partial charge in [0, 0.05) is 11.6 Å². The van der Waals surface area contributed by atoms with Crippen LogP contribution in [-0.4, -0.2) is 20.4 Å². The SMILES string of the molecule is Cc1nc2c(-c3cccs3)nc(=O)n(CC(=O)NCc3ccccc3Cl)c2s1. The zero-order chi connectivity index (χ0) is 19.7. The van der Waals surface area contributed by atoms with E-state index in [2.05, 4.69) is 15.3 Å². The molecule has 4 aromatic rings. The Morgan fingerprint density at radius 3 is 2.79 bits per heavy atom. The number of thiazole rings is 1. The second-order valence-electron chi connectivity index (χ2n) is 6.06. The molecule has 0 aliphatic rings. The van der Waals surface area contributed by atoms with Gasteiger partial charge in [-0.2, -0.15) is 4.98 Å². The Morgan fingerprint density at radius 1 is 1.21 bits per heavy atom. The lowest BCUT2D eigenvalue weighted by Gasteiger charge is -2.10. The number of fused-ring (bicyclic) bond motifs is 1. The average molecular weight is 431 g/mol. The third-order valence-electron chi connectivity index (χ3n) is 4.11. The van der Waals surface area contributed by atoms with Crippen molar-refractivity contribution in [2.75, 3.05) is 0 Å². The Labute approximate surface area is 173 Å². The van der Waals surface area contributed by atoms with Crippen LogP contribution in [0.1, 0.15) is 10.6 Å². The maximum atomic E-state index is 12.7. The normalized spacial score (nSPS) is 11.1. The van der Waals surface area contributed by atoms with Crippen LogP contribution in [0.15, 0.2) is 46.6 Å². The van der Waals surface area contributed by atoms with E-state index in [0.29, 0.717) is 27.6 Å². The molecule has 6 nitrogen and oxygen atoms in total. The van der Waals surface area contributed by atoms with Crippen molar-refractivity contribution in [3.8, 4) is 10.6 Å². The van der Waals surface area contributed by atoms with Gasteiger partial charge in [-0.05, 0) is 30.0 Å². The van der Waals surface area contributed by atoms with Crippen LogP contribution in [0.4, 0.5) is 0 Å². The number of benzene rings is 1. The Balaban J connectivity index is 1.63. The zero-order valence-electron chi connectivity index (χ0n) is 14.8. The predicted molar refractivity (Wildman–Crippen MR) is 113 cm³/mol. The Morgan fingerprint density at radius 2 is 2.04 bits per heavy atom. The van der Waals surface area contributed by atoms with E-state index in [1.165, 1.54) is 27.2 Å². The average Bonchev–Trinajstić information content (AvgIpc) is 3.33. The summed E-state index contributed by atoms with van der Waals surface area (Å²) in [5.41, 5.74) is 1.55. The number of nitrogens with zero attached hydrogens (tertiary/aromatic N) is 3. The minimum absolute atomic E-state index is 0.126. The number of hydrogen-bond acceptors (Lipinski definition) is 6. The van der Waals surface area contributed by atoms with Gasteiger partial charge in [-0.3, -0.25) is 9.36 Å². The monoisotopic (exact) mass is 430 g/mol. The number of nitrogens with one attached hydrogen (secondary N) is 1. The highest BCUT2D eigenvalue weighted by Crippen LogP contribution is 2.31. The first kappa shape index (κ1) is 18.8. The molecule has 1 N–H and O–H groups in total. The highest BCUT2D eigenvalue weighted by Gasteiger charge is 2.18. The van der Waals surface area contributed by atoms with Crippen LogP contribution in [-0.2, 0) is 17.9 Å². The summed E-state index contributed by atoms with van der Waals surface area (Å²) in [6, 6.07) is 11.1. The van der Waals surface area contributed by atoms with Crippen LogP contribution in [0, 0.1) is 6.92 Å². The fourth-order valence-corrected chi connectivity index (χ4v) is 4.63. The van der Waals surface area contributed by atoms with Crippen molar-refractivity contribution in [2.24, 2.45) is 0 Å². The summed E-state index contributed by atoms with van der Waals surface area (Å²) in [7, 11) is 0. The predicted octanol–water partition coefficient (Wildman–Crippen LogP) is 3.86. The lowest BCUT2D eigenvalue weighted by Crippen LogP contribution is -2.33. The third-order valence-corrected chi connectivity index (χ3v) is 6.35. The molecule has 28 heavy (non-hydrogen) atoms. The van der Waals surface area contributed by atoms with Crippen molar-refractivity contribution in [1.82, 2.24) is 19.9 Å². The van der Waals surface area contributed by atoms with Crippen LogP contribution in [0.5, 0.6) is 0 Å². The summed E-state index contributed by atoms with van der Waals surface area (Å²) in [5, 5.41) is 6.13. The van der Waals surface area contributed by atoms with E-state index in [-0.39, 0.29) is 12.5 Å². The fraction of sp³-hybridized carbons (Fsp3) is 0.158. The van der Waals surface area contributed by atoms with E-state index in [1.807, 2.05) is 42.6 Å². The van der Waals surface area contributed by atoms with Gasteiger partial charge in [-0.1, -0.05) is 35.9 Å². The molecule has 0 unspecified atom stereocenters. The third kappa shape index (κ3) is 3.71. The van der Waals surface area contributed by atoms with E-state index >= 15 is 0 Å². The quantitative estimate of drug-likeness (QED) is 0.521. The van der Waals surface area contributed by atoms with Gasteiger partial charge in [0.1, 0.15) is 22.6 Å². The summed E-state index contributed by atoms with van der Waals surface area (Å²) in [5.74, 6) is -0.292. The van der Waals surface area contributed by atoms with Gasteiger partial charge >= 0.3 is 5.69 Å². The van der Waals surface area contributed by atoms with Crippen LogP contribution in [0.3, 0.4) is 0 Å². The number of amides is 1. The van der Waals surface area contributed by atoms with Crippen LogP contribution < -0.4 is 11.0 Å². The van der Waals surface area contributed by atoms with Gasteiger partial charge in [0.25, 0.3) is 0 Å². The van der Waals surface area contributed by atoms with Crippen molar-refractivity contribution < 1.29 is 4.79 Å². The molecule has 0 saturated heterocycles. The Bertz CT molecular complexity index is 1210. The number of hydrogen-bond donors (Lipinski definition) is 1. The molecule has 0 radical (unpaired) electrons. The molecule has 3 aromatic heterocycles. The van der Waals surface area contributed by atoms with E-state index in [0.717, 1.165) is 15.4 Å². The fourth-order valence-electron chi connectivity index (χ4n) is 2.81.